The predicted octanol–water partition coefficient (Wildman–Crippen LogP) is 4.17. The first kappa shape index (κ1) is 18.1. The third kappa shape index (κ3) is 4.10. The molecule has 0 spiro atoms. The number of ether oxygens (including phenoxy) is 1. The van der Waals surface area contributed by atoms with Crippen molar-refractivity contribution in [1.82, 2.24) is 4.90 Å². The standard InChI is InChI=1S/C21H27N3O2/c1-16(2)19-6-4-5-7-20(19)22-21(25)24-14-12-23(13-15-24)17-8-10-18(26-3)11-9-17/h4-11,16H,12-15H2,1-3H3,(H,22,25). The van der Waals surface area contributed by atoms with Gasteiger partial charge in [0.25, 0.3) is 0 Å². The lowest BCUT2D eigenvalue weighted by molar-refractivity contribution is 0.208. The molecule has 3 rings (SSSR count). The highest BCUT2D eigenvalue weighted by Crippen LogP contribution is 2.24. The summed E-state index contributed by atoms with van der Waals surface area (Å²) in [5.41, 5.74) is 3.24. The van der Waals surface area contributed by atoms with Crippen LogP contribution >= 0.6 is 0 Å². The molecule has 0 atom stereocenters. The van der Waals surface area contributed by atoms with Crippen LogP contribution in [0, 0.1) is 0 Å². The van der Waals surface area contributed by atoms with E-state index in [1.807, 2.05) is 35.2 Å². The maximum Gasteiger partial charge on any atom is 0.321 e. The molecule has 0 aliphatic carbocycles. The molecule has 0 unspecified atom stereocenters. The summed E-state index contributed by atoms with van der Waals surface area (Å²) in [6.45, 7) is 7.35. The highest BCUT2D eigenvalue weighted by molar-refractivity contribution is 5.90. The first-order valence-electron chi connectivity index (χ1n) is 9.12. The number of carbonyl (C=O) groups is 1. The highest BCUT2D eigenvalue weighted by atomic mass is 16.5. The summed E-state index contributed by atoms with van der Waals surface area (Å²) in [6.07, 6.45) is 0. The van der Waals surface area contributed by atoms with Crippen molar-refractivity contribution in [3.63, 3.8) is 0 Å². The Morgan fingerprint density at radius 3 is 2.27 bits per heavy atom. The van der Waals surface area contributed by atoms with Gasteiger partial charge in [-0.1, -0.05) is 32.0 Å². The monoisotopic (exact) mass is 353 g/mol. The van der Waals surface area contributed by atoms with Crippen molar-refractivity contribution in [2.24, 2.45) is 0 Å². The summed E-state index contributed by atoms with van der Waals surface area (Å²) in [6, 6.07) is 16.1. The Morgan fingerprint density at radius 1 is 1.00 bits per heavy atom. The highest BCUT2D eigenvalue weighted by Gasteiger charge is 2.22. The molecule has 5 heteroatoms. The minimum absolute atomic E-state index is 0.0209. The summed E-state index contributed by atoms with van der Waals surface area (Å²) in [4.78, 5) is 16.8. The van der Waals surface area contributed by atoms with Gasteiger partial charge in [0.15, 0.2) is 0 Å². The second-order valence-electron chi connectivity index (χ2n) is 6.84. The molecule has 26 heavy (non-hydrogen) atoms. The van der Waals surface area contributed by atoms with Gasteiger partial charge in [0.1, 0.15) is 5.75 Å². The van der Waals surface area contributed by atoms with Crippen LogP contribution in [0.25, 0.3) is 0 Å². The fraction of sp³-hybridized carbons (Fsp3) is 0.381. The zero-order valence-electron chi connectivity index (χ0n) is 15.7. The summed E-state index contributed by atoms with van der Waals surface area (Å²) >= 11 is 0. The zero-order chi connectivity index (χ0) is 18.5. The molecule has 1 saturated heterocycles. The van der Waals surface area contributed by atoms with Crippen LogP contribution in [0.1, 0.15) is 25.3 Å². The van der Waals surface area contributed by atoms with Gasteiger partial charge < -0.3 is 19.9 Å². The van der Waals surface area contributed by atoms with Crippen molar-refractivity contribution in [1.29, 1.82) is 0 Å². The number of nitrogens with zero attached hydrogens (tertiary/aromatic N) is 2. The van der Waals surface area contributed by atoms with Crippen LogP contribution in [0.3, 0.4) is 0 Å². The normalized spacial score (nSPS) is 14.5. The third-order valence-corrected chi connectivity index (χ3v) is 4.83. The molecular weight excluding hydrogens is 326 g/mol. The van der Waals surface area contributed by atoms with E-state index < -0.39 is 0 Å². The second kappa shape index (κ2) is 8.13. The molecule has 0 bridgehead atoms. The largest absolute Gasteiger partial charge is 0.497 e. The third-order valence-electron chi connectivity index (χ3n) is 4.83. The number of hydrogen-bond donors (Lipinski definition) is 1. The number of para-hydroxylation sites is 1. The van der Waals surface area contributed by atoms with Crippen LogP contribution in [0.2, 0.25) is 0 Å². The summed E-state index contributed by atoms with van der Waals surface area (Å²) < 4.78 is 5.21. The number of benzene rings is 2. The quantitative estimate of drug-likeness (QED) is 0.897. The number of amides is 2. The Bertz CT molecular complexity index is 735. The molecular formula is C21H27N3O2. The van der Waals surface area contributed by atoms with Crippen LogP contribution in [-0.2, 0) is 0 Å². The lowest BCUT2D eigenvalue weighted by atomic mass is 10.0. The van der Waals surface area contributed by atoms with Crippen LogP contribution in [0.5, 0.6) is 5.75 Å². The second-order valence-corrected chi connectivity index (χ2v) is 6.84. The SMILES string of the molecule is COc1ccc(N2CCN(C(=O)Nc3ccccc3C(C)C)CC2)cc1. The summed E-state index contributed by atoms with van der Waals surface area (Å²) in [7, 11) is 1.67. The molecule has 138 valence electrons. The van der Waals surface area contributed by atoms with Crippen molar-refractivity contribution < 1.29 is 9.53 Å². The van der Waals surface area contributed by atoms with E-state index >= 15 is 0 Å². The van der Waals surface area contributed by atoms with E-state index in [0.29, 0.717) is 19.0 Å². The van der Waals surface area contributed by atoms with Gasteiger partial charge in [0.05, 0.1) is 7.11 Å². The zero-order valence-corrected chi connectivity index (χ0v) is 15.7. The summed E-state index contributed by atoms with van der Waals surface area (Å²) in [5, 5.41) is 3.08. The number of rotatable bonds is 4. The Balaban J connectivity index is 1.58. The van der Waals surface area contributed by atoms with Gasteiger partial charge in [-0.15, -0.1) is 0 Å². The van der Waals surface area contributed by atoms with Gasteiger partial charge in [-0.05, 0) is 41.8 Å². The lowest BCUT2D eigenvalue weighted by Crippen LogP contribution is -2.50. The lowest BCUT2D eigenvalue weighted by Gasteiger charge is -2.36. The van der Waals surface area contributed by atoms with Crippen LogP contribution in [-0.4, -0.2) is 44.2 Å². The molecule has 1 N–H and O–H groups in total. The van der Waals surface area contributed by atoms with Gasteiger partial charge in [0.2, 0.25) is 0 Å². The van der Waals surface area contributed by atoms with Gasteiger partial charge in [-0.25, -0.2) is 4.79 Å². The van der Waals surface area contributed by atoms with Crippen molar-refractivity contribution in [2.45, 2.75) is 19.8 Å². The van der Waals surface area contributed by atoms with Gasteiger partial charge in [0, 0.05) is 37.6 Å². The number of urea groups is 1. The van der Waals surface area contributed by atoms with E-state index in [4.69, 9.17) is 4.74 Å². The first-order valence-corrected chi connectivity index (χ1v) is 9.12. The number of methoxy groups -OCH3 is 1. The smallest absolute Gasteiger partial charge is 0.321 e. The molecule has 5 nitrogen and oxygen atoms in total. The van der Waals surface area contributed by atoms with Gasteiger partial charge in [-0.2, -0.15) is 0 Å². The minimum atomic E-state index is -0.0209. The van der Waals surface area contributed by atoms with Gasteiger partial charge in [-0.3, -0.25) is 0 Å². The van der Waals surface area contributed by atoms with E-state index in [1.165, 1.54) is 0 Å². The van der Waals surface area contributed by atoms with Crippen LogP contribution in [0.4, 0.5) is 16.2 Å². The van der Waals surface area contributed by atoms with Gasteiger partial charge >= 0.3 is 6.03 Å². The average molecular weight is 353 g/mol. The molecule has 0 saturated carbocycles. The van der Waals surface area contributed by atoms with Crippen molar-refractivity contribution in [2.75, 3.05) is 43.5 Å². The minimum Gasteiger partial charge on any atom is -0.497 e. The molecule has 1 fully saturated rings. The number of carbonyl (C=O) groups excluding carboxylic acids is 1. The molecule has 2 aromatic carbocycles. The summed E-state index contributed by atoms with van der Waals surface area (Å²) in [5.74, 6) is 1.23. The Morgan fingerprint density at radius 2 is 1.65 bits per heavy atom. The number of piperazine rings is 1. The van der Waals surface area contributed by atoms with E-state index in [9.17, 15) is 4.79 Å². The van der Waals surface area contributed by atoms with E-state index in [-0.39, 0.29) is 6.03 Å². The number of hydrogen-bond acceptors (Lipinski definition) is 3. The molecule has 2 aromatic rings. The van der Waals surface area contributed by atoms with E-state index in [0.717, 1.165) is 35.8 Å². The molecule has 1 heterocycles. The molecule has 1 aliphatic heterocycles. The maximum atomic E-state index is 12.6. The predicted molar refractivity (Wildman–Crippen MR) is 106 cm³/mol. The fourth-order valence-corrected chi connectivity index (χ4v) is 3.27. The number of nitrogens with one attached hydrogen (secondary N) is 1. The Hall–Kier alpha value is -2.69. The van der Waals surface area contributed by atoms with Crippen molar-refractivity contribution >= 4 is 17.4 Å². The topological polar surface area (TPSA) is 44.8 Å². The number of anilines is 2. The van der Waals surface area contributed by atoms with Crippen LogP contribution < -0.4 is 15.0 Å². The van der Waals surface area contributed by atoms with Crippen LogP contribution in [0.15, 0.2) is 48.5 Å². The first-order chi connectivity index (χ1) is 12.6. The van der Waals surface area contributed by atoms with Crippen molar-refractivity contribution in [3.05, 3.63) is 54.1 Å². The van der Waals surface area contributed by atoms with E-state index in [2.05, 4.69) is 42.3 Å². The molecule has 2 amide bonds. The Kier molecular flexibility index (Phi) is 5.66. The maximum absolute atomic E-state index is 12.6. The Labute approximate surface area is 155 Å². The molecule has 0 aromatic heterocycles. The van der Waals surface area contributed by atoms with E-state index in [1.54, 1.807) is 7.11 Å². The van der Waals surface area contributed by atoms with Crippen molar-refractivity contribution in [3.8, 4) is 5.75 Å². The molecule has 0 radical (unpaired) electrons. The average Bonchev–Trinajstić information content (AvgIpc) is 2.68. The fourth-order valence-electron chi connectivity index (χ4n) is 3.27. The molecule has 1 aliphatic rings.